The van der Waals surface area contributed by atoms with E-state index in [1.807, 2.05) is 0 Å². The first-order valence-corrected chi connectivity index (χ1v) is 7.14. The summed E-state index contributed by atoms with van der Waals surface area (Å²) in [5.74, 6) is -0.199. The van der Waals surface area contributed by atoms with Crippen molar-refractivity contribution >= 4 is 5.97 Å². The summed E-state index contributed by atoms with van der Waals surface area (Å²) in [5.41, 5.74) is -0.735. The summed E-state index contributed by atoms with van der Waals surface area (Å²) in [6, 6.07) is 0.421. The average molecular weight is 255 g/mol. The van der Waals surface area contributed by atoms with Gasteiger partial charge >= 0.3 is 5.97 Å². The molecule has 0 saturated heterocycles. The van der Waals surface area contributed by atoms with Gasteiger partial charge in [-0.2, -0.15) is 0 Å². The Labute approximate surface area is 109 Å². The SMILES string of the molecule is CC(C)COC1CCCC(NC2CC2)(C(=O)O)C1. The standard InChI is InChI=1S/C14H25NO3/c1-10(2)9-18-12-4-3-7-14(8-12,13(16)17)15-11-5-6-11/h10-12,15H,3-9H2,1-2H3,(H,16,17). The lowest BCUT2D eigenvalue weighted by Crippen LogP contribution is -2.57. The number of nitrogens with one attached hydrogen (secondary N) is 1. The number of ether oxygens (including phenoxy) is 1. The molecule has 104 valence electrons. The van der Waals surface area contributed by atoms with Crippen LogP contribution < -0.4 is 5.32 Å². The maximum absolute atomic E-state index is 11.6. The molecule has 0 aromatic rings. The van der Waals surface area contributed by atoms with Gasteiger partial charge in [-0.3, -0.25) is 10.1 Å². The highest BCUT2D eigenvalue weighted by Crippen LogP contribution is 2.34. The third kappa shape index (κ3) is 3.45. The van der Waals surface area contributed by atoms with Gasteiger partial charge in [0.1, 0.15) is 5.54 Å². The van der Waals surface area contributed by atoms with Gasteiger partial charge in [0.05, 0.1) is 6.10 Å². The van der Waals surface area contributed by atoms with Crippen LogP contribution in [0.2, 0.25) is 0 Å². The first-order chi connectivity index (χ1) is 8.52. The zero-order chi connectivity index (χ0) is 13.2. The van der Waals surface area contributed by atoms with Crippen molar-refractivity contribution in [2.75, 3.05) is 6.61 Å². The van der Waals surface area contributed by atoms with Gasteiger partial charge in [0.2, 0.25) is 0 Å². The van der Waals surface area contributed by atoms with E-state index in [4.69, 9.17) is 4.74 Å². The van der Waals surface area contributed by atoms with Crippen molar-refractivity contribution in [2.24, 2.45) is 5.92 Å². The Morgan fingerprint density at radius 2 is 2.17 bits per heavy atom. The fraction of sp³-hybridized carbons (Fsp3) is 0.929. The van der Waals surface area contributed by atoms with Crippen molar-refractivity contribution < 1.29 is 14.6 Å². The van der Waals surface area contributed by atoms with Crippen molar-refractivity contribution in [3.8, 4) is 0 Å². The normalized spacial score (nSPS) is 32.7. The second kappa shape index (κ2) is 5.57. The molecule has 0 radical (unpaired) electrons. The molecule has 0 bridgehead atoms. The highest BCUT2D eigenvalue weighted by Gasteiger charge is 2.46. The number of rotatable bonds is 6. The second-order valence-corrected chi connectivity index (χ2v) is 6.25. The molecule has 2 saturated carbocycles. The minimum Gasteiger partial charge on any atom is -0.480 e. The Bertz CT molecular complexity index is 301. The fourth-order valence-corrected chi connectivity index (χ4v) is 2.70. The van der Waals surface area contributed by atoms with Crippen molar-refractivity contribution in [1.29, 1.82) is 0 Å². The molecule has 4 heteroatoms. The molecule has 0 amide bonds. The summed E-state index contributed by atoms with van der Waals surface area (Å²) in [7, 11) is 0. The highest BCUT2D eigenvalue weighted by atomic mass is 16.5. The van der Waals surface area contributed by atoms with E-state index in [0.717, 1.165) is 38.7 Å². The molecule has 4 nitrogen and oxygen atoms in total. The topological polar surface area (TPSA) is 58.6 Å². The number of hydrogen-bond donors (Lipinski definition) is 2. The molecule has 0 aromatic heterocycles. The predicted octanol–water partition coefficient (Wildman–Crippen LogP) is 2.18. The number of carboxylic acids is 1. The third-order valence-electron chi connectivity index (χ3n) is 3.84. The summed E-state index contributed by atoms with van der Waals surface area (Å²) in [6.45, 7) is 4.97. The van der Waals surface area contributed by atoms with E-state index in [0.29, 0.717) is 18.4 Å². The van der Waals surface area contributed by atoms with Gasteiger partial charge in [0, 0.05) is 19.1 Å². The summed E-state index contributed by atoms with van der Waals surface area (Å²) in [6.07, 6.45) is 5.62. The van der Waals surface area contributed by atoms with E-state index in [9.17, 15) is 9.90 Å². The maximum Gasteiger partial charge on any atom is 0.324 e. The van der Waals surface area contributed by atoms with E-state index < -0.39 is 11.5 Å². The number of carboxylic acid groups (broad SMARTS) is 1. The Morgan fingerprint density at radius 3 is 2.72 bits per heavy atom. The molecule has 0 aromatic carbocycles. The lowest BCUT2D eigenvalue weighted by Gasteiger charge is -2.38. The minimum atomic E-state index is -0.735. The minimum absolute atomic E-state index is 0.100. The Balaban J connectivity index is 1.94. The smallest absolute Gasteiger partial charge is 0.324 e. The quantitative estimate of drug-likeness (QED) is 0.763. The Morgan fingerprint density at radius 1 is 1.44 bits per heavy atom. The third-order valence-corrected chi connectivity index (χ3v) is 3.84. The molecule has 2 unspecified atom stereocenters. The van der Waals surface area contributed by atoms with Gasteiger partial charge in [0.15, 0.2) is 0 Å². The van der Waals surface area contributed by atoms with Crippen molar-refractivity contribution in [1.82, 2.24) is 5.32 Å². The largest absolute Gasteiger partial charge is 0.480 e. The van der Waals surface area contributed by atoms with Gasteiger partial charge in [0.25, 0.3) is 0 Å². The van der Waals surface area contributed by atoms with Crippen LogP contribution in [0.4, 0.5) is 0 Å². The molecular formula is C14H25NO3. The lowest BCUT2D eigenvalue weighted by atomic mass is 9.80. The second-order valence-electron chi connectivity index (χ2n) is 6.25. The summed E-state index contributed by atoms with van der Waals surface area (Å²) < 4.78 is 5.85. The molecule has 2 atom stereocenters. The Kier molecular flexibility index (Phi) is 4.28. The molecule has 2 N–H and O–H groups in total. The van der Waals surface area contributed by atoms with Crippen LogP contribution in [0, 0.1) is 5.92 Å². The van der Waals surface area contributed by atoms with Crippen LogP contribution in [-0.2, 0) is 9.53 Å². The fourth-order valence-electron chi connectivity index (χ4n) is 2.70. The molecule has 0 heterocycles. The monoisotopic (exact) mass is 255 g/mol. The number of aliphatic carboxylic acids is 1. The number of carbonyl (C=O) groups is 1. The van der Waals surface area contributed by atoms with E-state index in [-0.39, 0.29) is 6.10 Å². The number of hydrogen-bond acceptors (Lipinski definition) is 3. The Hall–Kier alpha value is -0.610. The van der Waals surface area contributed by atoms with Gasteiger partial charge in [-0.15, -0.1) is 0 Å². The summed E-state index contributed by atoms with van der Waals surface area (Å²) in [4.78, 5) is 11.6. The van der Waals surface area contributed by atoms with Crippen molar-refractivity contribution in [3.63, 3.8) is 0 Å². The highest BCUT2D eigenvalue weighted by molar-refractivity contribution is 5.79. The molecule has 0 spiro atoms. The summed E-state index contributed by atoms with van der Waals surface area (Å²) in [5, 5.41) is 12.9. The van der Waals surface area contributed by atoms with Gasteiger partial charge in [-0.05, 0) is 38.0 Å². The molecular weight excluding hydrogens is 230 g/mol. The van der Waals surface area contributed by atoms with Crippen LogP contribution in [0.5, 0.6) is 0 Å². The molecule has 2 aliphatic carbocycles. The van der Waals surface area contributed by atoms with E-state index in [2.05, 4.69) is 19.2 Å². The van der Waals surface area contributed by atoms with Gasteiger partial charge in [-0.25, -0.2) is 0 Å². The van der Waals surface area contributed by atoms with E-state index >= 15 is 0 Å². The predicted molar refractivity (Wildman–Crippen MR) is 69.6 cm³/mol. The van der Waals surface area contributed by atoms with Gasteiger partial charge in [-0.1, -0.05) is 13.8 Å². The molecule has 2 rings (SSSR count). The van der Waals surface area contributed by atoms with Crippen molar-refractivity contribution in [3.05, 3.63) is 0 Å². The van der Waals surface area contributed by atoms with E-state index in [1.165, 1.54) is 0 Å². The zero-order valence-corrected chi connectivity index (χ0v) is 11.4. The molecule has 2 fully saturated rings. The lowest BCUT2D eigenvalue weighted by molar-refractivity contribution is -0.149. The van der Waals surface area contributed by atoms with Crippen LogP contribution in [0.25, 0.3) is 0 Å². The zero-order valence-electron chi connectivity index (χ0n) is 11.4. The van der Waals surface area contributed by atoms with Crippen molar-refractivity contribution in [2.45, 2.75) is 70.1 Å². The first-order valence-electron chi connectivity index (χ1n) is 7.14. The van der Waals surface area contributed by atoms with E-state index in [1.54, 1.807) is 0 Å². The van der Waals surface area contributed by atoms with Crippen LogP contribution >= 0.6 is 0 Å². The van der Waals surface area contributed by atoms with Crippen LogP contribution in [-0.4, -0.2) is 35.4 Å². The van der Waals surface area contributed by atoms with Crippen LogP contribution in [0.1, 0.15) is 52.4 Å². The van der Waals surface area contributed by atoms with Gasteiger partial charge < -0.3 is 9.84 Å². The molecule has 18 heavy (non-hydrogen) atoms. The summed E-state index contributed by atoms with van der Waals surface area (Å²) >= 11 is 0. The van der Waals surface area contributed by atoms with Crippen LogP contribution in [0.15, 0.2) is 0 Å². The average Bonchev–Trinajstić information content (AvgIpc) is 3.10. The molecule has 2 aliphatic rings. The maximum atomic E-state index is 11.6. The molecule has 0 aliphatic heterocycles. The first kappa shape index (κ1) is 13.8. The van der Waals surface area contributed by atoms with Crippen LogP contribution in [0.3, 0.4) is 0 Å².